The van der Waals surface area contributed by atoms with Gasteiger partial charge >= 0.3 is 6.61 Å². The smallest absolute Gasteiger partial charge is 0.387 e. The van der Waals surface area contributed by atoms with Gasteiger partial charge in [0.15, 0.2) is 0 Å². The standard InChI is InChI=1S/C17H21F3N2O2S/c18-14-7-13(24-16(19)20)1-2-15(14)25-22-10-17(11-22)8-21(9-17)12-3-5-23-6-4-12/h1-2,7,12,16H,3-6,8-11H2. The topological polar surface area (TPSA) is 24.9 Å². The minimum Gasteiger partial charge on any atom is -0.435 e. The zero-order chi connectivity index (χ0) is 17.4. The maximum Gasteiger partial charge on any atom is 0.387 e. The molecular weight excluding hydrogens is 353 g/mol. The normalized spacial score (nSPS) is 24.3. The van der Waals surface area contributed by atoms with Crippen LogP contribution in [0.4, 0.5) is 13.2 Å². The molecule has 3 fully saturated rings. The van der Waals surface area contributed by atoms with E-state index in [2.05, 4.69) is 13.9 Å². The maximum absolute atomic E-state index is 14.0. The van der Waals surface area contributed by atoms with Gasteiger partial charge in [-0.25, -0.2) is 8.70 Å². The van der Waals surface area contributed by atoms with Crippen molar-refractivity contribution in [1.29, 1.82) is 0 Å². The molecule has 1 aromatic rings. The Hall–Kier alpha value is -0.960. The van der Waals surface area contributed by atoms with Crippen LogP contribution in [0.15, 0.2) is 23.1 Å². The van der Waals surface area contributed by atoms with Gasteiger partial charge in [-0.05, 0) is 36.9 Å². The number of nitrogens with zero attached hydrogens (tertiary/aromatic N) is 2. The van der Waals surface area contributed by atoms with Gasteiger partial charge in [-0.15, -0.1) is 0 Å². The van der Waals surface area contributed by atoms with E-state index in [-0.39, 0.29) is 5.75 Å². The predicted molar refractivity (Wildman–Crippen MR) is 88.3 cm³/mol. The molecule has 3 aliphatic rings. The van der Waals surface area contributed by atoms with E-state index in [1.54, 1.807) is 0 Å². The quantitative estimate of drug-likeness (QED) is 0.737. The maximum atomic E-state index is 14.0. The zero-order valence-electron chi connectivity index (χ0n) is 13.8. The highest BCUT2D eigenvalue weighted by molar-refractivity contribution is 7.97. The van der Waals surface area contributed by atoms with Gasteiger partial charge in [-0.1, -0.05) is 0 Å². The number of likely N-dealkylation sites (tertiary alicyclic amines) is 1. The molecule has 0 N–H and O–H groups in total. The third-order valence-electron chi connectivity index (χ3n) is 5.16. The lowest BCUT2D eigenvalue weighted by molar-refractivity contribution is -0.113. The molecule has 3 heterocycles. The minimum atomic E-state index is -2.94. The number of halogens is 3. The lowest BCUT2D eigenvalue weighted by Gasteiger charge is -2.62. The summed E-state index contributed by atoms with van der Waals surface area (Å²) in [5.74, 6) is -0.676. The minimum absolute atomic E-state index is 0.150. The van der Waals surface area contributed by atoms with Crippen LogP contribution in [0.1, 0.15) is 12.8 Å². The lowest BCUT2D eigenvalue weighted by Crippen LogP contribution is -2.72. The third-order valence-corrected chi connectivity index (χ3v) is 6.21. The van der Waals surface area contributed by atoms with Crippen molar-refractivity contribution in [3.05, 3.63) is 24.0 Å². The number of alkyl halides is 2. The van der Waals surface area contributed by atoms with Crippen molar-refractivity contribution in [3.63, 3.8) is 0 Å². The van der Waals surface area contributed by atoms with E-state index >= 15 is 0 Å². The number of benzene rings is 1. The number of rotatable bonds is 5. The van der Waals surface area contributed by atoms with Gasteiger partial charge in [0.05, 0.1) is 4.90 Å². The Morgan fingerprint density at radius 1 is 1.16 bits per heavy atom. The molecule has 0 amide bonds. The molecule has 138 valence electrons. The molecule has 0 bridgehead atoms. The van der Waals surface area contributed by atoms with Gasteiger partial charge in [0.2, 0.25) is 0 Å². The Labute approximate surface area is 149 Å². The Bertz CT molecular complexity index is 614. The fraction of sp³-hybridized carbons (Fsp3) is 0.647. The first-order valence-corrected chi connectivity index (χ1v) is 9.29. The molecular formula is C17H21F3N2O2S. The summed E-state index contributed by atoms with van der Waals surface area (Å²) in [4.78, 5) is 2.98. The first-order valence-electron chi connectivity index (χ1n) is 8.52. The molecule has 4 nitrogen and oxygen atoms in total. The van der Waals surface area contributed by atoms with Crippen LogP contribution < -0.4 is 4.74 Å². The highest BCUT2D eigenvalue weighted by Gasteiger charge is 2.53. The van der Waals surface area contributed by atoms with Crippen LogP contribution in [-0.4, -0.2) is 61.3 Å². The molecule has 1 spiro atoms. The van der Waals surface area contributed by atoms with Gasteiger partial charge in [-0.2, -0.15) is 8.78 Å². The van der Waals surface area contributed by atoms with Crippen LogP contribution >= 0.6 is 11.9 Å². The van der Waals surface area contributed by atoms with E-state index in [9.17, 15) is 13.2 Å². The van der Waals surface area contributed by atoms with Crippen molar-refractivity contribution in [2.75, 3.05) is 39.4 Å². The van der Waals surface area contributed by atoms with Crippen molar-refractivity contribution < 1.29 is 22.6 Å². The molecule has 0 radical (unpaired) electrons. The summed E-state index contributed by atoms with van der Waals surface area (Å²) >= 11 is 1.35. The Morgan fingerprint density at radius 3 is 2.52 bits per heavy atom. The molecule has 0 saturated carbocycles. The molecule has 4 rings (SSSR count). The SMILES string of the molecule is Fc1cc(OC(F)F)ccc1SN1CC2(C1)CN(C1CCOCC1)C2. The second-order valence-corrected chi connectivity index (χ2v) is 8.25. The van der Waals surface area contributed by atoms with E-state index in [1.807, 2.05) is 0 Å². The van der Waals surface area contributed by atoms with Crippen LogP contribution in [0.3, 0.4) is 0 Å². The molecule has 0 aromatic heterocycles. The number of ether oxygens (including phenoxy) is 2. The molecule has 3 saturated heterocycles. The molecule has 0 atom stereocenters. The monoisotopic (exact) mass is 374 g/mol. The summed E-state index contributed by atoms with van der Waals surface area (Å²) in [5, 5.41) is 0. The van der Waals surface area contributed by atoms with Gasteiger partial charge in [0, 0.05) is 56.9 Å². The van der Waals surface area contributed by atoms with E-state index in [0.29, 0.717) is 16.4 Å². The second kappa shape index (κ2) is 6.98. The van der Waals surface area contributed by atoms with Gasteiger partial charge < -0.3 is 9.47 Å². The summed E-state index contributed by atoms with van der Waals surface area (Å²) < 4.78 is 50.1. The van der Waals surface area contributed by atoms with Crippen LogP contribution in [-0.2, 0) is 4.74 Å². The number of hydrogen-bond acceptors (Lipinski definition) is 5. The van der Waals surface area contributed by atoms with E-state index in [4.69, 9.17) is 4.74 Å². The lowest BCUT2D eigenvalue weighted by atomic mass is 9.73. The Balaban J connectivity index is 1.25. The van der Waals surface area contributed by atoms with Crippen molar-refractivity contribution in [1.82, 2.24) is 9.21 Å². The highest BCUT2D eigenvalue weighted by Crippen LogP contribution is 2.46. The molecule has 1 aromatic carbocycles. The number of hydrogen-bond donors (Lipinski definition) is 0. The predicted octanol–water partition coefficient (Wildman–Crippen LogP) is 3.23. The average Bonchev–Trinajstić information content (AvgIpc) is 2.50. The summed E-state index contributed by atoms with van der Waals surface area (Å²) in [5.41, 5.74) is 0.348. The van der Waals surface area contributed by atoms with Gasteiger partial charge in [-0.3, -0.25) is 4.90 Å². The van der Waals surface area contributed by atoms with Crippen molar-refractivity contribution in [3.8, 4) is 5.75 Å². The molecule has 0 unspecified atom stereocenters. The largest absolute Gasteiger partial charge is 0.435 e. The van der Waals surface area contributed by atoms with Crippen LogP contribution in [0.5, 0.6) is 5.75 Å². The van der Waals surface area contributed by atoms with Crippen LogP contribution in [0.25, 0.3) is 0 Å². The summed E-state index contributed by atoms with van der Waals surface area (Å²) in [7, 11) is 0. The zero-order valence-corrected chi connectivity index (χ0v) is 14.6. The molecule has 3 aliphatic heterocycles. The van der Waals surface area contributed by atoms with Crippen molar-refractivity contribution >= 4 is 11.9 Å². The van der Waals surface area contributed by atoms with Gasteiger partial charge in [0.1, 0.15) is 11.6 Å². The first kappa shape index (κ1) is 17.5. The summed E-state index contributed by atoms with van der Waals surface area (Å²) in [6.45, 7) is 2.88. The van der Waals surface area contributed by atoms with Crippen molar-refractivity contribution in [2.24, 2.45) is 5.41 Å². The molecule has 0 aliphatic carbocycles. The van der Waals surface area contributed by atoms with E-state index in [0.717, 1.165) is 58.3 Å². The van der Waals surface area contributed by atoms with Crippen molar-refractivity contribution in [2.45, 2.75) is 30.4 Å². The fourth-order valence-corrected chi connectivity index (χ4v) is 5.19. The summed E-state index contributed by atoms with van der Waals surface area (Å²) in [6.07, 6.45) is 2.24. The Morgan fingerprint density at radius 2 is 1.88 bits per heavy atom. The van der Waals surface area contributed by atoms with Gasteiger partial charge in [0.25, 0.3) is 0 Å². The summed E-state index contributed by atoms with van der Waals surface area (Å²) in [6, 6.07) is 4.54. The fourth-order valence-electron chi connectivity index (χ4n) is 3.96. The van der Waals surface area contributed by atoms with E-state index < -0.39 is 12.4 Å². The molecule has 8 heteroatoms. The van der Waals surface area contributed by atoms with Crippen LogP contribution in [0.2, 0.25) is 0 Å². The first-order chi connectivity index (χ1) is 12.0. The van der Waals surface area contributed by atoms with Crippen LogP contribution in [0, 0.1) is 11.2 Å². The Kier molecular flexibility index (Phi) is 4.87. The third kappa shape index (κ3) is 3.77. The van der Waals surface area contributed by atoms with E-state index in [1.165, 1.54) is 24.1 Å². The highest BCUT2D eigenvalue weighted by atomic mass is 32.2. The molecule has 25 heavy (non-hydrogen) atoms. The average molecular weight is 374 g/mol. The second-order valence-electron chi connectivity index (χ2n) is 7.11.